The van der Waals surface area contributed by atoms with Crippen LogP contribution in [0.1, 0.15) is 127 Å². The van der Waals surface area contributed by atoms with Crippen LogP contribution in [0, 0.1) is 67.5 Å². The Labute approximate surface area is 562 Å². The molecule has 506 valence electrons. The second kappa shape index (κ2) is 47.5. The number of nitrogens with two attached hydrogens (primary N) is 1. The molecule has 3 N–H and O–H groups in total. The Bertz CT molecular complexity index is 3670. The number of hydrogen-bond donors (Lipinski definition) is 2. The molecule has 27 nitrogen and oxygen atoms in total. The lowest BCUT2D eigenvalue weighted by Gasteiger charge is -2.12. The number of methoxy groups -OCH3 is 3. The van der Waals surface area contributed by atoms with E-state index in [4.69, 9.17) is 79.5 Å². The van der Waals surface area contributed by atoms with Crippen molar-refractivity contribution in [2.24, 2.45) is 5.73 Å². The number of ether oxygens (including phenoxy) is 3. The number of carbonyl (C=O) groups is 2. The molecule has 2 aliphatic heterocycles. The van der Waals surface area contributed by atoms with Gasteiger partial charge in [-0.05, 0) is 147 Å². The fraction of sp³-hybridized carbons (Fsp3) is 0.364. The SMILES string of the molecule is COc1ccc(C)c(C)n1.COc1ccc(C)c(CBr)n1.COc1ccc2c(n1)CN(C1CC1)C2=O.Cc1ccc(Cl)nc1C.Cc1ccc[n+]([O-])c1C.Cc1cccnc1C.NC1CC1.O=C1c2ccc(=O)[nH]c2CN1C1CC1.O=C=O.O=C=O.O=C=O.O=C=O.O=C=O. The number of H-pyrrole nitrogens is 1. The van der Waals surface area contributed by atoms with Crippen LogP contribution in [0.25, 0.3) is 0 Å². The average Bonchev–Trinajstić information content (AvgIpc) is 1.64. The van der Waals surface area contributed by atoms with Gasteiger partial charge in [0.25, 0.3) is 11.8 Å². The molecule has 7 aromatic heterocycles. The minimum Gasteiger partial charge on any atom is -0.619 e. The highest BCUT2D eigenvalue weighted by molar-refractivity contribution is 9.08. The third-order valence-corrected chi connectivity index (χ3v) is 14.2. The molecule has 0 spiro atoms. The first-order valence-corrected chi connectivity index (χ1v) is 30.0. The number of pyridine rings is 7. The summed E-state index contributed by atoms with van der Waals surface area (Å²) < 4.78 is 15.8. The first-order chi connectivity index (χ1) is 45.2. The number of aromatic amines is 1. The van der Waals surface area contributed by atoms with Gasteiger partial charge in [0.2, 0.25) is 23.2 Å². The highest BCUT2D eigenvalue weighted by Crippen LogP contribution is 2.35. The number of hydrogen-bond acceptors (Lipinski definition) is 23. The van der Waals surface area contributed by atoms with Crippen molar-refractivity contribution >= 4 is 70.1 Å². The Hall–Kier alpha value is -10.4. The van der Waals surface area contributed by atoms with E-state index in [-0.39, 0.29) is 48.1 Å². The van der Waals surface area contributed by atoms with E-state index >= 15 is 0 Å². The van der Waals surface area contributed by atoms with E-state index < -0.39 is 0 Å². The predicted octanol–water partition coefficient (Wildman–Crippen LogP) is 7.88. The second-order valence-electron chi connectivity index (χ2n) is 20.2. The molecule has 3 aliphatic carbocycles. The van der Waals surface area contributed by atoms with E-state index in [9.17, 15) is 19.6 Å². The second-order valence-corrected chi connectivity index (χ2v) is 21.1. The first kappa shape index (κ1) is 84.6. The summed E-state index contributed by atoms with van der Waals surface area (Å²) in [5, 5.41) is 12.1. The maximum atomic E-state index is 11.9. The van der Waals surface area contributed by atoms with E-state index in [1.54, 1.807) is 45.6 Å². The molecule has 0 bridgehead atoms. The number of aryl methyl sites for hydroxylation is 8. The van der Waals surface area contributed by atoms with E-state index in [1.807, 2.05) is 120 Å². The minimum atomic E-state index is -0.130. The van der Waals surface area contributed by atoms with Crippen LogP contribution in [0.4, 0.5) is 0 Å². The van der Waals surface area contributed by atoms with Crippen molar-refractivity contribution in [3.05, 3.63) is 197 Å². The molecule has 0 atom stereocenters. The summed E-state index contributed by atoms with van der Waals surface area (Å²) in [5.74, 6) is 2.13. The molecule has 5 aliphatic rings. The van der Waals surface area contributed by atoms with E-state index in [0.717, 1.165) is 86.7 Å². The van der Waals surface area contributed by atoms with Gasteiger partial charge >= 0.3 is 30.8 Å². The van der Waals surface area contributed by atoms with Crippen LogP contribution in [-0.4, -0.2) is 122 Å². The largest absolute Gasteiger partial charge is 0.619 e. The van der Waals surface area contributed by atoms with Gasteiger partial charge in [-0.15, -0.1) is 0 Å². The Morgan fingerprint density at radius 2 is 0.968 bits per heavy atom. The highest BCUT2D eigenvalue weighted by atomic mass is 79.9. The minimum absolute atomic E-state index is 0.0683. The monoisotopic (exact) mass is 1390 g/mol. The number of amides is 2. The summed E-state index contributed by atoms with van der Waals surface area (Å²) in [6.07, 6.45) is 11.6. The molecule has 0 aromatic carbocycles. The van der Waals surface area contributed by atoms with Crippen LogP contribution in [0.3, 0.4) is 0 Å². The van der Waals surface area contributed by atoms with E-state index in [0.29, 0.717) is 59.6 Å². The molecular formula is C66H76BrClN10O17. The number of fused-ring (bicyclic) bond motifs is 2. The van der Waals surface area contributed by atoms with Gasteiger partial charge in [-0.1, -0.05) is 51.8 Å². The van der Waals surface area contributed by atoms with Crippen molar-refractivity contribution in [1.29, 1.82) is 0 Å². The van der Waals surface area contributed by atoms with Crippen molar-refractivity contribution in [2.45, 2.75) is 137 Å². The summed E-state index contributed by atoms with van der Waals surface area (Å²) >= 11 is 8.96. The smallest absolute Gasteiger partial charge is 0.373 e. The molecular weight excluding hydrogens is 1320 g/mol. The number of halogens is 2. The molecule has 9 heterocycles. The highest BCUT2D eigenvalue weighted by Gasteiger charge is 2.40. The fourth-order valence-corrected chi connectivity index (χ4v) is 8.11. The van der Waals surface area contributed by atoms with Gasteiger partial charge in [0.05, 0.1) is 62.6 Å². The maximum absolute atomic E-state index is 11.9. The van der Waals surface area contributed by atoms with Crippen LogP contribution in [0.2, 0.25) is 5.15 Å². The van der Waals surface area contributed by atoms with E-state index in [2.05, 4.69) is 58.8 Å². The molecule has 0 saturated heterocycles. The average molecular weight is 1400 g/mol. The zero-order valence-corrected chi connectivity index (χ0v) is 57.0. The normalized spacial score (nSPS) is 12.2. The number of carbonyl (C=O) groups excluding carboxylic acids is 12. The molecule has 29 heteroatoms. The van der Waals surface area contributed by atoms with Crippen molar-refractivity contribution in [2.75, 3.05) is 21.3 Å². The van der Waals surface area contributed by atoms with Gasteiger partial charge in [-0.3, -0.25) is 19.4 Å². The fourth-order valence-electron chi connectivity index (χ4n) is 7.35. The third-order valence-electron chi connectivity index (χ3n) is 13.5. The summed E-state index contributed by atoms with van der Waals surface area (Å²) in [5.41, 5.74) is 18.9. The quantitative estimate of drug-likeness (QED) is 0.0691. The summed E-state index contributed by atoms with van der Waals surface area (Å²) in [6.45, 7) is 19.0. The molecule has 0 radical (unpaired) electrons. The van der Waals surface area contributed by atoms with Crippen LogP contribution >= 0.6 is 27.5 Å². The zero-order chi connectivity index (χ0) is 72.2. The Morgan fingerprint density at radius 1 is 0.547 bits per heavy atom. The van der Waals surface area contributed by atoms with Crippen molar-refractivity contribution in [3.63, 3.8) is 0 Å². The van der Waals surface area contributed by atoms with Gasteiger partial charge in [-0.25, -0.2) is 19.9 Å². The van der Waals surface area contributed by atoms with Crippen molar-refractivity contribution in [1.82, 2.24) is 39.7 Å². The van der Waals surface area contributed by atoms with Gasteiger partial charge in [0, 0.05) is 89.6 Å². The lowest BCUT2D eigenvalue weighted by molar-refractivity contribution is -0.612. The standard InChI is InChI=1S/C11H12N2O2.C10H10N2O2.C8H10BrNO.C8H11NO.C7H8ClN.C7H9NO.C7H9N.C3H7N.5CO2/c1-15-10-5-4-8-9(12-10)6-13(11(8)14)7-2-3-7;13-9-4-3-7-8(11-9)5-12(10(7)14)6-1-2-6;1-6-3-4-8(11-2)10-7(6)5-9;1-6-4-5-8(10-3)9-7(6)2;1-5-3-4-7(8)9-6(5)2;1-6-4-3-5-8(9)7(6)2;1-6-4-3-5-8-7(6)2;4-3-1-2-3;5*2-1-3/h4-5,7H,2-3,6H2,1H3;3-4,6H,1-2,5H2,(H,11,13);3-4H,5H2,1-2H3;4-5H,1-3H3;3-4H,1-2H3;3-5H,1-2H3;3-5H,1-2H3;3H,1-2,4H2;;;;;. The number of aromatic nitrogens is 7. The summed E-state index contributed by atoms with van der Waals surface area (Å²) in [7, 11) is 4.83. The topological polar surface area (TPSA) is 389 Å². The van der Waals surface area contributed by atoms with Gasteiger partial charge in [-0.2, -0.15) is 52.7 Å². The van der Waals surface area contributed by atoms with Crippen LogP contribution in [0.5, 0.6) is 17.6 Å². The number of nitrogens with zero attached hydrogens (tertiary/aromatic N) is 8. The van der Waals surface area contributed by atoms with Crippen LogP contribution in [0.15, 0.2) is 102 Å². The Kier molecular flexibility index (Phi) is 42.3. The molecule has 0 unspecified atom stereocenters. The Balaban J connectivity index is 0.00000105. The first-order valence-electron chi connectivity index (χ1n) is 28.5. The predicted molar refractivity (Wildman–Crippen MR) is 342 cm³/mol. The van der Waals surface area contributed by atoms with Crippen molar-refractivity contribution < 1.29 is 76.5 Å². The molecule has 3 fully saturated rings. The van der Waals surface area contributed by atoms with Gasteiger partial charge < -0.3 is 39.9 Å². The van der Waals surface area contributed by atoms with Crippen LogP contribution in [-0.2, 0) is 66.4 Å². The lowest BCUT2D eigenvalue weighted by Crippen LogP contribution is -2.29. The maximum Gasteiger partial charge on any atom is 0.373 e. The summed E-state index contributed by atoms with van der Waals surface area (Å²) in [4.78, 5) is 143. The number of alkyl halides is 1. The molecule has 3 saturated carbocycles. The Morgan fingerprint density at radius 3 is 1.38 bits per heavy atom. The molecule has 95 heavy (non-hydrogen) atoms. The third kappa shape index (κ3) is 33.7. The van der Waals surface area contributed by atoms with Gasteiger partial charge in [0.15, 0.2) is 11.9 Å². The zero-order valence-electron chi connectivity index (χ0n) is 54.7. The number of rotatable bonds is 6. The molecule has 12 rings (SSSR count). The molecule has 2 amide bonds. The lowest BCUT2D eigenvalue weighted by atomic mass is 10.2. The van der Waals surface area contributed by atoms with Crippen LogP contribution < -0.4 is 30.2 Å². The van der Waals surface area contributed by atoms with E-state index in [1.165, 1.54) is 47.4 Å². The van der Waals surface area contributed by atoms with Gasteiger partial charge in [0.1, 0.15) is 5.15 Å². The number of nitrogens with one attached hydrogen (secondary N) is 1. The summed E-state index contributed by atoms with van der Waals surface area (Å²) in [6, 6.07) is 27.2. The van der Waals surface area contributed by atoms with Crippen molar-refractivity contribution in [3.8, 4) is 17.6 Å². The molecule has 7 aromatic rings.